The molecule has 1 atom stereocenters. The van der Waals surface area contributed by atoms with Crippen LogP contribution in [-0.4, -0.2) is 33.7 Å². The Labute approximate surface area is 150 Å². The summed E-state index contributed by atoms with van der Waals surface area (Å²) >= 11 is 0. The van der Waals surface area contributed by atoms with Gasteiger partial charge in [0.05, 0.1) is 19.1 Å². The molecule has 0 bridgehead atoms. The minimum Gasteiger partial charge on any atom is -0.497 e. The van der Waals surface area contributed by atoms with E-state index in [2.05, 4.69) is 5.32 Å². The molecule has 0 radical (unpaired) electrons. The van der Waals surface area contributed by atoms with Crippen LogP contribution in [0.2, 0.25) is 0 Å². The number of carbonyl (C=O) groups excluding carboxylic acids is 1. The van der Waals surface area contributed by atoms with Gasteiger partial charge in [-0.25, -0.2) is 17.2 Å². The van der Waals surface area contributed by atoms with Gasteiger partial charge < -0.3 is 10.1 Å². The summed E-state index contributed by atoms with van der Waals surface area (Å²) in [6, 6.07) is 7.86. The van der Waals surface area contributed by atoms with Crippen LogP contribution < -0.4 is 14.4 Å². The van der Waals surface area contributed by atoms with Crippen LogP contribution in [0.4, 0.5) is 20.2 Å². The number of rotatable bonds is 6. The molecule has 2 aromatic carbocycles. The van der Waals surface area contributed by atoms with Crippen molar-refractivity contribution in [3.63, 3.8) is 0 Å². The second kappa shape index (κ2) is 7.69. The minimum absolute atomic E-state index is 0.149. The summed E-state index contributed by atoms with van der Waals surface area (Å²) in [5.41, 5.74) is 0.283. The van der Waals surface area contributed by atoms with Crippen LogP contribution in [0.25, 0.3) is 0 Å². The highest BCUT2D eigenvalue weighted by Gasteiger charge is 2.29. The van der Waals surface area contributed by atoms with Crippen molar-refractivity contribution >= 4 is 27.3 Å². The Kier molecular flexibility index (Phi) is 5.81. The molecule has 2 aromatic rings. The predicted octanol–water partition coefficient (Wildman–Crippen LogP) is 2.77. The summed E-state index contributed by atoms with van der Waals surface area (Å²) in [5.74, 6) is -2.36. The van der Waals surface area contributed by atoms with Gasteiger partial charge in [0.15, 0.2) is 11.6 Å². The van der Waals surface area contributed by atoms with E-state index in [-0.39, 0.29) is 5.69 Å². The molecule has 0 spiro atoms. The molecule has 9 heteroatoms. The van der Waals surface area contributed by atoms with Gasteiger partial charge in [-0.3, -0.25) is 9.10 Å². The Morgan fingerprint density at radius 1 is 1.12 bits per heavy atom. The molecule has 1 N–H and O–H groups in total. The number of benzene rings is 2. The zero-order valence-corrected chi connectivity index (χ0v) is 15.2. The van der Waals surface area contributed by atoms with Crippen LogP contribution in [0, 0.1) is 11.6 Å². The maximum atomic E-state index is 13.5. The van der Waals surface area contributed by atoms with Gasteiger partial charge in [-0.05, 0) is 43.3 Å². The number of sulfonamides is 1. The molecule has 1 amide bonds. The molecule has 0 aliphatic rings. The quantitative estimate of drug-likeness (QED) is 0.831. The van der Waals surface area contributed by atoms with Crippen molar-refractivity contribution in [1.82, 2.24) is 0 Å². The van der Waals surface area contributed by atoms with Gasteiger partial charge >= 0.3 is 0 Å². The molecular weight excluding hydrogens is 366 g/mol. The predicted molar refractivity (Wildman–Crippen MR) is 94.8 cm³/mol. The van der Waals surface area contributed by atoms with E-state index >= 15 is 0 Å². The van der Waals surface area contributed by atoms with E-state index in [4.69, 9.17) is 4.74 Å². The molecular formula is C17H18F2N2O4S. The van der Waals surface area contributed by atoms with Crippen molar-refractivity contribution < 1.29 is 26.7 Å². The number of nitrogens with zero attached hydrogens (tertiary/aromatic N) is 1. The summed E-state index contributed by atoms with van der Waals surface area (Å²) in [5, 5.41) is 2.57. The number of methoxy groups -OCH3 is 1. The fraction of sp³-hybridized carbons (Fsp3) is 0.235. The number of ether oxygens (including phenoxy) is 1. The van der Waals surface area contributed by atoms with Crippen LogP contribution in [0.1, 0.15) is 6.92 Å². The molecule has 0 saturated heterocycles. The van der Waals surface area contributed by atoms with Gasteiger partial charge in [0.1, 0.15) is 11.8 Å². The van der Waals surface area contributed by atoms with Gasteiger partial charge in [0, 0.05) is 11.8 Å². The average Bonchev–Trinajstić information content (AvgIpc) is 2.57. The van der Waals surface area contributed by atoms with Crippen molar-refractivity contribution in [2.45, 2.75) is 13.0 Å². The topological polar surface area (TPSA) is 75.7 Å². The number of carbonyl (C=O) groups is 1. The molecule has 0 heterocycles. The lowest BCUT2D eigenvalue weighted by atomic mass is 10.2. The first kappa shape index (κ1) is 19.6. The van der Waals surface area contributed by atoms with Crippen LogP contribution in [0.15, 0.2) is 42.5 Å². The van der Waals surface area contributed by atoms with E-state index in [1.807, 2.05) is 0 Å². The van der Waals surface area contributed by atoms with E-state index in [1.165, 1.54) is 14.0 Å². The van der Waals surface area contributed by atoms with E-state index < -0.39 is 33.6 Å². The minimum atomic E-state index is -3.93. The third kappa shape index (κ3) is 4.48. The third-order valence-corrected chi connectivity index (χ3v) is 4.85. The lowest BCUT2D eigenvalue weighted by molar-refractivity contribution is -0.116. The number of hydrogen-bond acceptors (Lipinski definition) is 4. The van der Waals surface area contributed by atoms with Crippen molar-refractivity contribution in [3.8, 4) is 5.75 Å². The van der Waals surface area contributed by atoms with Crippen LogP contribution in [-0.2, 0) is 14.8 Å². The maximum absolute atomic E-state index is 13.5. The fourth-order valence-corrected chi connectivity index (χ4v) is 3.52. The lowest BCUT2D eigenvalue weighted by Gasteiger charge is -2.28. The fourth-order valence-electron chi connectivity index (χ4n) is 2.35. The van der Waals surface area contributed by atoms with E-state index in [9.17, 15) is 22.0 Å². The number of anilines is 2. The van der Waals surface area contributed by atoms with Crippen molar-refractivity contribution in [3.05, 3.63) is 54.1 Å². The number of halogens is 2. The molecule has 140 valence electrons. The highest BCUT2D eigenvalue weighted by atomic mass is 32.2. The Morgan fingerprint density at radius 3 is 2.23 bits per heavy atom. The number of hydrogen-bond donors (Lipinski definition) is 1. The monoisotopic (exact) mass is 384 g/mol. The zero-order chi connectivity index (χ0) is 19.5. The summed E-state index contributed by atoms with van der Waals surface area (Å²) < 4.78 is 56.6. The Bertz CT molecular complexity index is 901. The van der Waals surface area contributed by atoms with Crippen LogP contribution in [0.5, 0.6) is 5.75 Å². The van der Waals surface area contributed by atoms with E-state index in [0.717, 1.165) is 28.8 Å². The first-order chi connectivity index (χ1) is 12.1. The normalized spacial score (nSPS) is 12.3. The molecule has 0 aliphatic carbocycles. The second-order valence-corrected chi connectivity index (χ2v) is 7.41. The smallest absolute Gasteiger partial charge is 0.247 e. The highest BCUT2D eigenvalue weighted by molar-refractivity contribution is 7.92. The van der Waals surface area contributed by atoms with Crippen molar-refractivity contribution in [2.75, 3.05) is 23.0 Å². The first-order valence-electron chi connectivity index (χ1n) is 7.53. The molecule has 0 saturated carbocycles. The largest absolute Gasteiger partial charge is 0.497 e. The molecule has 2 rings (SSSR count). The molecule has 6 nitrogen and oxygen atoms in total. The Balaban J connectivity index is 2.29. The van der Waals surface area contributed by atoms with Crippen molar-refractivity contribution in [1.29, 1.82) is 0 Å². The van der Waals surface area contributed by atoms with Gasteiger partial charge in [0.25, 0.3) is 0 Å². The first-order valence-corrected chi connectivity index (χ1v) is 9.37. The number of amides is 1. The average molecular weight is 384 g/mol. The highest BCUT2D eigenvalue weighted by Crippen LogP contribution is 2.24. The standard InChI is InChI=1S/C17H18F2N2O4S/c1-11(17(22)20-12-4-7-14(25-2)8-5-12)21(26(3,23)24)13-6-9-15(18)16(19)10-13/h4-11H,1-3H3,(H,20,22)/t11-/m1/s1. The van der Waals surface area contributed by atoms with Crippen molar-refractivity contribution in [2.24, 2.45) is 0 Å². The summed E-state index contributed by atoms with van der Waals surface area (Å²) in [7, 11) is -2.43. The summed E-state index contributed by atoms with van der Waals surface area (Å²) in [6.45, 7) is 1.35. The van der Waals surface area contributed by atoms with Crippen LogP contribution >= 0.6 is 0 Å². The third-order valence-electron chi connectivity index (χ3n) is 3.60. The second-order valence-electron chi connectivity index (χ2n) is 5.55. The zero-order valence-electron chi connectivity index (χ0n) is 14.4. The van der Waals surface area contributed by atoms with E-state index in [0.29, 0.717) is 11.4 Å². The Hall–Kier alpha value is -2.68. The van der Waals surface area contributed by atoms with Crippen LogP contribution in [0.3, 0.4) is 0 Å². The molecule has 0 aliphatic heterocycles. The molecule has 26 heavy (non-hydrogen) atoms. The van der Waals surface area contributed by atoms with E-state index in [1.54, 1.807) is 24.3 Å². The molecule has 0 fully saturated rings. The van der Waals surface area contributed by atoms with Gasteiger partial charge in [-0.2, -0.15) is 0 Å². The summed E-state index contributed by atoms with van der Waals surface area (Å²) in [4.78, 5) is 12.5. The summed E-state index contributed by atoms with van der Waals surface area (Å²) in [6.07, 6.45) is 0.880. The maximum Gasteiger partial charge on any atom is 0.247 e. The lowest BCUT2D eigenvalue weighted by Crippen LogP contribution is -2.45. The number of nitrogens with one attached hydrogen (secondary N) is 1. The van der Waals surface area contributed by atoms with Gasteiger partial charge in [0.2, 0.25) is 15.9 Å². The van der Waals surface area contributed by atoms with Gasteiger partial charge in [-0.1, -0.05) is 0 Å². The molecule has 0 aromatic heterocycles. The Morgan fingerprint density at radius 2 is 1.73 bits per heavy atom. The SMILES string of the molecule is COc1ccc(NC(=O)[C@@H](C)N(c2ccc(F)c(F)c2)S(C)(=O)=O)cc1. The molecule has 0 unspecified atom stereocenters. The van der Waals surface area contributed by atoms with Gasteiger partial charge in [-0.15, -0.1) is 0 Å².